The van der Waals surface area contributed by atoms with Crippen LogP contribution in [0.1, 0.15) is 45.3 Å². The molecule has 0 saturated heterocycles. The molecule has 3 unspecified atom stereocenters. The van der Waals surface area contributed by atoms with E-state index in [4.69, 9.17) is 4.52 Å². The van der Waals surface area contributed by atoms with Gasteiger partial charge in [-0.2, -0.15) is 5.10 Å². The third-order valence-corrected chi connectivity index (χ3v) is 5.50. The van der Waals surface area contributed by atoms with Crippen LogP contribution < -0.4 is 5.32 Å². The molecule has 2 aromatic heterocycles. The number of aryl methyl sites for hydroxylation is 2. The Labute approximate surface area is 151 Å². The molecular weight excluding hydrogens is 328 g/mol. The molecule has 0 aliphatic heterocycles. The largest absolute Gasteiger partial charge is 0.359 e. The number of amides is 1. The lowest BCUT2D eigenvalue weighted by Crippen LogP contribution is -2.27. The highest BCUT2D eigenvalue weighted by molar-refractivity contribution is 5.92. The van der Waals surface area contributed by atoms with E-state index in [0.29, 0.717) is 29.8 Å². The zero-order valence-corrected chi connectivity index (χ0v) is 14.6. The SMILES string of the molecule is Cc1cnn(Cc2cc(C(=O)NC3C4CCc5ccccc5C43)no2)c1. The summed E-state index contributed by atoms with van der Waals surface area (Å²) < 4.78 is 7.07. The molecule has 1 N–H and O–H groups in total. The zero-order valence-electron chi connectivity index (χ0n) is 14.6. The maximum atomic E-state index is 12.6. The van der Waals surface area contributed by atoms with Crippen LogP contribution in [-0.2, 0) is 13.0 Å². The van der Waals surface area contributed by atoms with Crippen molar-refractivity contribution in [1.29, 1.82) is 0 Å². The lowest BCUT2D eigenvalue weighted by atomic mass is 9.92. The van der Waals surface area contributed by atoms with Crippen molar-refractivity contribution in [3.05, 3.63) is 70.9 Å². The average Bonchev–Trinajstić information content (AvgIpc) is 2.95. The van der Waals surface area contributed by atoms with Gasteiger partial charge in [-0.1, -0.05) is 29.4 Å². The first-order valence-corrected chi connectivity index (χ1v) is 9.02. The molecule has 6 heteroatoms. The first-order chi connectivity index (χ1) is 12.7. The highest BCUT2D eigenvalue weighted by Crippen LogP contribution is 2.54. The summed E-state index contributed by atoms with van der Waals surface area (Å²) in [6.07, 6.45) is 5.95. The number of aromatic nitrogens is 3. The van der Waals surface area contributed by atoms with Crippen molar-refractivity contribution in [2.75, 3.05) is 0 Å². The van der Waals surface area contributed by atoms with E-state index >= 15 is 0 Å². The fourth-order valence-corrected chi connectivity index (χ4v) is 4.20. The van der Waals surface area contributed by atoms with Crippen molar-refractivity contribution in [2.24, 2.45) is 5.92 Å². The number of nitrogens with one attached hydrogen (secondary N) is 1. The second-order valence-corrected chi connectivity index (χ2v) is 7.32. The fraction of sp³-hybridized carbons (Fsp3) is 0.350. The van der Waals surface area contributed by atoms with Crippen molar-refractivity contribution in [1.82, 2.24) is 20.3 Å². The standard InChI is InChI=1S/C20H20N4O2/c1-12-9-21-24(10-12)11-14-8-17(23-26-14)20(25)22-19-16-7-6-13-4-2-3-5-15(13)18(16)19/h2-5,8-10,16,18-19H,6-7,11H2,1H3,(H,22,25). The van der Waals surface area contributed by atoms with Crippen LogP contribution in [0.4, 0.5) is 0 Å². The molecule has 0 radical (unpaired) electrons. The van der Waals surface area contributed by atoms with E-state index in [1.54, 1.807) is 16.9 Å². The minimum absolute atomic E-state index is 0.159. The van der Waals surface area contributed by atoms with Gasteiger partial charge in [0.15, 0.2) is 11.5 Å². The number of carbonyl (C=O) groups is 1. The zero-order chi connectivity index (χ0) is 17.7. The van der Waals surface area contributed by atoms with Crippen molar-refractivity contribution in [2.45, 2.75) is 38.3 Å². The van der Waals surface area contributed by atoms with Gasteiger partial charge in [0.2, 0.25) is 0 Å². The summed E-state index contributed by atoms with van der Waals surface area (Å²) >= 11 is 0. The predicted octanol–water partition coefficient (Wildman–Crippen LogP) is 2.69. The smallest absolute Gasteiger partial charge is 0.273 e. The van der Waals surface area contributed by atoms with Crippen LogP contribution in [0.3, 0.4) is 0 Å². The molecule has 1 fully saturated rings. The maximum Gasteiger partial charge on any atom is 0.273 e. The third-order valence-electron chi connectivity index (χ3n) is 5.50. The van der Waals surface area contributed by atoms with Crippen LogP contribution in [0.2, 0.25) is 0 Å². The summed E-state index contributed by atoms with van der Waals surface area (Å²) in [5, 5.41) is 11.3. The Bertz CT molecular complexity index is 974. The third kappa shape index (κ3) is 2.62. The van der Waals surface area contributed by atoms with Gasteiger partial charge < -0.3 is 9.84 Å². The first-order valence-electron chi connectivity index (χ1n) is 9.02. The van der Waals surface area contributed by atoms with Crippen LogP contribution in [-0.4, -0.2) is 26.9 Å². The molecule has 26 heavy (non-hydrogen) atoms. The summed E-state index contributed by atoms with van der Waals surface area (Å²) in [6.45, 7) is 2.45. The summed E-state index contributed by atoms with van der Waals surface area (Å²) in [4.78, 5) is 12.6. The number of hydrogen-bond acceptors (Lipinski definition) is 4. The fourth-order valence-electron chi connectivity index (χ4n) is 4.20. The van der Waals surface area contributed by atoms with Crippen LogP contribution in [0.5, 0.6) is 0 Å². The maximum absolute atomic E-state index is 12.6. The van der Waals surface area contributed by atoms with Gasteiger partial charge in [0, 0.05) is 24.2 Å². The van der Waals surface area contributed by atoms with E-state index in [1.165, 1.54) is 11.1 Å². The predicted molar refractivity (Wildman–Crippen MR) is 94.8 cm³/mol. The molecule has 5 rings (SSSR count). The normalized spacial score (nSPS) is 23.2. The minimum atomic E-state index is -0.159. The molecular formula is C20H20N4O2. The Morgan fingerprint density at radius 2 is 2.27 bits per heavy atom. The van der Waals surface area contributed by atoms with E-state index in [9.17, 15) is 4.79 Å². The lowest BCUT2D eigenvalue weighted by Gasteiger charge is -2.13. The molecule has 6 nitrogen and oxygen atoms in total. The Morgan fingerprint density at radius 3 is 3.12 bits per heavy atom. The van der Waals surface area contributed by atoms with E-state index in [0.717, 1.165) is 18.4 Å². The van der Waals surface area contributed by atoms with E-state index < -0.39 is 0 Å². The van der Waals surface area contributed by atoms with E-state index in [1.807, 2.05) is 13.1 Å². The van der Waals surface area contributed by atoms with E-state index in [2.05, 4.69) is 39.8 Å². The van der Waals surface area contributed by atoms with Crippen molar-refractivity contribution in [3.63, 3.8) is 0 Å². The van der Waals surface area contributed by atoms with Crippen LogP contribution in [0, 0.1) is 12.8 Å². The molecule has 2 aliphatic rings. The van der Waals surface area contributed by atoms with Crippen molar-refractivity contribution < 1.29 is 9.32 Å². The highest BCUT2D eigenvalue weighted by Gasteiger charge is 2.53. The number of fused-ring (bicyclic) bond motifs is 3. The Morgan fingerprint density at radius 1 is 1.38 bits per heavy atom. The molecule has 3 aromatic rings. The van der Waals surface area contributed by atoms with Crippen molar-refractivity contribution in [3.8, 4) is 0 Å². The van der Waals surface area contributed by atoms with Crippen molar-refractivity contribution >= 4 is 5.91 Å². The molecule has 0 spiro atoms. The number of rotatable bonds is 4. The summed E-state index contributed by atoms with van der Waals surface area (Å²) in [7, 11) is 0. The number of carbonyl (C=O) groups excluding carboxylic acids is 1. The van der Waals surface area contributed by atoms with Gasteiger partial charge >= 0.3 is 0 Å². The van der Waals surface area contributed by atoms with Gasteiger partial charge in [-0.25, -0.2) is 0 Å². The quantitative estimate of drug-likeness (QED) is 0.787. The molecule has 132 valence electrons. The lowest BCUT2D eigenvalue weighted by molar-refractivity contribution is 0.0939. The van der Waals surface area contributed by atoms with E-state index in [-0.39, 0.29) is 11.9 Å². The summed E-state index contributed by atoms with van der Waals surface area (Å²) in [6, 6.07) is 10.5. The van der Waals surface area contributed by atoms with Crippen LogP contribution in [0.15, 0.2) is 47.2 Å². The molecule has 0 bridgehead atoms. The first kappa shape index (κ1) is 15.4. The Hall–Kier alpha value is -2.89. The molecule has 1 aromatic carbocycles. The summed E-state index contributed by atoms with van der Waals surface area (Å²) in [5.41, 5.74) is 4.23. The molecule has 3 atom stereocenters. The Balaban J connectivity index is 1.26. The monoisotopic (exact) mass is 348 g/mol. The molecule has 1 amide bonds. The topological polar surface area (TPSA) is 73.0 Å². The average molecular weight is 348 g/mol. The number of hydrogen-bond donors (Lipinski definition) is 1. The summed E-state index contributed by atoms with van der Waals surface area (Å²) in [5.74, 6) is 1.46. The second-order valence-electron chi connectivity index (χ2n) is 7.32. The minimum Gasteiger partial charge on any atom is -0.359 e. The van der Waals surface area contributed by atoms with Gasteiger partial charge in [-0.15, -0.1) is 0 Å². The van der Waals surface area contributed by atoms with Gasteiger partial charge in [0.1, 0.15) is 6.54 Å². The molecule has 2 heterocycles. The highest BCUT2D eigenvalue weighted by atomic mass is 16.5. The van der Waals surface area contributed by atoms with Crippen LogP contribution >= 0.6 is 0 Å². The molecule has 2 aliphatic carbocycles. The van der Waals surface area contributed by atoms with Crippen LogP contribution in [0.25, 0.3) is 0 Å². The number of benzene rings is 1. The van der Waals surface area contributed by atoms with Gasteiger partial charge in [0.25, 0.3) is 5.91 Å². The van der Waals surface area contributed by atoms with Gasteiger partial charge in [-0.3, -0.25) is 9.48 Å². The Kier molecular flexibility index (Phi) is 3.45. The van der Waals surface area contributed by atoms with Gasteiger partial charge in [0.05, 0.1) is 6.20 Å². The molecule has 1 saturated carbocycles. The number of nitrogens with zero attached hydrogens (tertiary/aromatic N) is 3. The second kappa shape index (κ2) is 5.83. The van der Waals surface area contributed by atoms with Gasteiger partial charge in [-0.05, 0) is 42.4 Å².